The second kappa shape index (κ2) is 8.03. The lowest BCUT2D eigenvalue weighted by atomic mass is 10.2. The fourth-order valence-corrected chi connectivity index (χ4v) is 3.35. The molecule has 1 aromatic carbocycles. The number of esters is 1. The first-order valence-corrected chi connectivity index (χ1v) is 9.31. The molecule has 2 aromatic heterocycles. The van der Waals surface area contributed by atoms with Gasteiger partial charge in [0.2, 0.25) is 0 Å². The Bertz CT molecular complexity index is 1240. The van der Waals surface area contributed by atoms with E-state index in [0.717, 1.165) is 10.1 Å². The number of amides is 1. The smallest absolute Gasteiger partial charge is 0.332 e. The van der Waals surface area contributed by atoms with Gasteiger partial charge in [0.1, 0.15) is 6.54 Å². The number of aromatic nitrogens is 4. The van der Waals surface area contributed by atoms with Crippen molar-refractivity contribution in [1.82, 2.24) is 18.7 Å². The van der Waals surface area contributed by atoms with Gasteiger partial charge in [-0.1, -0.05) is 6.07 Å². The third-order valence-corrected chi connectivity index (χ3v) is 4.94. The maximum Gasteiger partial charge on any atom is 0.332 e. The van der Waals surface area contributed by atoms with Gasteiger partial charge in [0.15, 0.2) is 17.8 Å². The molecule has 3 rings (SSSR count). The zero-order chi connectivity index (χ0) is 21.3. The van der Waals surface area contributed by atoms with Crippen molar-refractivity contribution in [2.45, 2.75) is 13.5 Å². The Morgan fingerprint density at radius 1 is 1.21 bits per heavy atom. The van der Waals surface area contributed by atoms with Crippen LogP contribution in [0.2, 0.25) is 0 Å². The summed E-state index contributed by atoms with van der Waals surface area (Å²) < 4.78 is 9.13. The highest BCUT2D eigenvalue weighted by Gasteiger charge is 2.17. The van der Waals surface area contributed by atoms with Crippen LogP contribution < -0.4 is 16.6 Å². The van der Waals surface area contributed by atoms with E-state index in [1.807, 2.05) is 19.1 Å². The number of imidazole rings is 1. The van der Waals surface area contributed by atoms with Crippen LogP contribution in [0.3, 0.4) is 0 Å². The van der Waals surface area contributed by atoms with Gasteiger partial charge in [-0.2, -0.15) is 0 Å². The molecule has 0 saturated carbocycles. The van der Waals surface area contributed by atoms with Crippen LogP contribution in [0.15, 0.2) is 38.6 Å². The van der Waals surface area contributed by atoms with Crippen molar-refractivity contribution in [2.24, 2.45) is 14.1 Å². The van der Waals surface area contributed by atoms with Gasteiger partial charge in [0.05, 0.1) is 12.0 Å². The van der Waals surface area contributed by atoms with E-state index >= 15 is 0 Å². The number of nitrogens with zero attached hydrogens (tertiary/aromatic N) is 4. The molecule has 0 aliphatic carbocycles. The summed E-state index contributed by atoms with van der Waals surface area (Å²) in [5, 5.41) is 2.64. The van der Waals surface area contributed by atoms with E-state index in [2.05, 4.69) is 26.2 Å². The fraction of sp³-hybridized carbons (Fsp3) is 0.278. The minimum atomic E-state index is -0.724. The van der Waals surface area contributed by atoms with Crippen LogP contribution in [0.4, 0.5) is 5.69 Å². The number of anilines is 1. The summed E-state index contributed by atoms with van der Waals surface area (Å²) in [5.41, 5.74) is 0.747. The Hall–Kier alpha value is -3.21. The lowest BCUT2D eigenvalue weighted by Gasteiger charge is -2.09. The first kappa shape index (κ1) is 20.5. The Morgan fingerprint density at radius 3 is 2.62 bits per heavy atom. The normalized spacial score (nSPS) is 10.9. The molecule has 0 saturated heterocycles. The number of benzene rings is 1. The molecule has 0 spiro atoms. The summed E-state index contributed by atoms with van der Waals surface area (Å²) in [5.74, 6) is -1.23. The second-order valence-electron chi connectivity index (χ2n) is 6.44. The summed E-state index contributed by atoms with van der Waals surface area (Å²) in [6.45, 7) is 1.11. The summed E-state index contributed by atoms with van der Waals surface area (Å²) in [6.07, 6.45) is 1.27. The Kier molecular flexibility index (Phi) is 5.69. The second-order valence-corrected chi connectivity index (χ2v) is 7.30. The minimum absolute atomic E-state index is 0.0968. The molecule has 11 heteroatoms. The zero-order valence-electron chi connectivity index (χ0n) is 15.9. The Labute approximate surface area is 172 Å². The summed E-state index contributed by atoms with van der Waals surface area (Å²) in [7, 11) is 2.82. The van der Waals surface area contributed by atoms with E-state index in [1.165, 1.54) is 29.6 Å². The van der Waals surface area contributed by atoms with Crippen LogP contribution in [0.1, 0.15) is 5.56 Å². The number of carbonyl (C=O) groups excluding carboxylic acids is 2. The SMILES string of the molecule is Cc1ccc(NC(=O)COC(=O)Cn2cnc3c2c(=O)n(C)c(=O)n3C)c(Br)c1. The van der Waals surface area contributed by atoms with E-state index in [-0.39, 0.29) is 17.7 Å². The molecule has 0 aliphatic heterocycles. The van der Waals surface area contributed by atoms with Crippen molar-refractivity contribution in [1.29, 1.82) is 0 Å². The van der Waals surface area contributed by atoms with Crippen LogP contribution in [-0.2, 0) is 35.0 Å². The molecule has 0 fully saturated rings. The molecular formula is C18H18BrN5O5. The summed E-state index contributed by atoms with van der Waals surface area (Å²) in [4.78, 5) is 52.5. The van der Waals surface area contributed by atoms with Crippen molar-refractivity contribution in [3.63, 3.8) is 0 Å². The van der Waals surface area contributed by atoms with Gasteiger partial charge < -0.3 is 14.6 Å². The van der Waals surface area contributed by atoms with E-state index in [4.69, 9.17) is 4.74 Å². The number of hydrogen-bond acceptors (Lipinski definition) is 6. The molecule has 0 unspecified atom stereocenters. The molecule has 0 radical (unpaired) electrons. The number of carbonyl (C=O) groups is 2. The summed E-state index contributed by atoms with van der Waals surface area (Å²) >= 11 is 3.35. The average molecular weight is 464 g/mol. The minimum Gasteiger partial charge on any atom is -0.454 e. The van der Waals surface area contributed by atoms with E-state index in [1.54, 1.807) is 6.07 Å². The molecule has 29 heavy (non-hydrogen) atoms. The largest absolute Gasteiger partial charge is 0.454 e. The van der Waals surface area contributed by atoms with Gasteiger partial charge in [-0.25, -0.2) is 9.78 Å². The lowest BCUT2D eigenvalue weighted by Crippen LogP contribution is -2.37. The number of nitrogens with one attached hydrogen (secondary N) is 1. The number of ether oxygens (including phenoxy) is 1. The van der Waals surface area contributed by atoms with Crippen LogP contribution in [0.5, 0.6) is 0 Å². The molecule has 3 aromatic rings. The molecule has 1 N–H and O–H groups in total. The van der Waals surface area contributed by atoms with E-state index in [9.17, 15) is 19.2 Å². The lowest BCUT2D eigenvalue weighted by molar-refractivity contribution is -0.147. The molecule has 0 aliphatic rings. The first-order chi connectivity index (χ1) is 13.7. The zero-order valence-corrected chi connectivity index (χ0v) is 17.5. The van der Waals surface area contributed by atoms with Crippen molar-refractivity contribution < 1.29 is 14.3 Å². The molecule has 0 bridgehead atoms. The molecular weight excluding hydrogens is 446 g/mol. The molecule has 0 atom stereocenters. The topological polar surface area (TPSA) is 117 Å². The van der Waals surface area contributed by atoms with E-state index < -0.39 is 29.7 Å². The van der Waals surface area contributed by atoms with Crippen LogP contribution in [0.25, 0.3) is 11.2 Å². The van der Waals surface area contributed by atoms with E-state index in [0.29, 0.717) is 10.2 Å². The maximum atomic E-state index is 12.4. The monoisotopic (exact) mass is 463 g/mol. The highest BCUT2D eigenvalue weighted by atomic mass is 79.9. The molecule has 1 amide bonds. The number of fused-ring (bicyclic) bond motifs is 1. The third-order valence-electron chi connectivity index (χ3n) is 4.28. The van der Waals surface area contributed by atoms with Crippen molar-refractivity contribution in [3.8, 4) is 0 Å². The average Bonchev–Trinajstić information content (AvgIpc) is 3.09. The van der Waals surface area contributed by atoms with Crippen LogP contribution >= 0.6 is 15.9 Å². The van der Waals surface area contributed by atoms with Crippen LogP contribution in [-0.4, -0.2) is 37.2 Å². The predicted octanol–water partition coefficient (Wildman–Crippen LogP) is 0.687. The van der Waals surface area contributed by atoms with Gasteiger partial charge in [-0.15, -0.1) is 0 Å². The van der Waals surface area contributed by atoms with Gasteiger partial charge in [-0.05, 0) is 40.5 Å². The third kappa shape index (κ3) is 4.14. The quantitative estimate of drug-likeness (QED) is 0.556. The molecule has 10 nitrogen and oxygen atoms in total. The van der Waals surface area contributed by atoms with Gasteiger partial charge in [-0.3, -0.25) is 23.5 Å². The summed E-state index contributed by atoms with van der Waals surface area (Å²) in [6, 6.07) is 5.42. The number of hydrogen-bond donors (Lipinski definition) is 1. The number of rotatable bonds is 5. The Morgan fingerprint density at radius 2 is 1.93 bits per heavy atom. The molecule has 152 valence electrons. The number of aryl methyl sites for hydroxylation is 2. The highest BCUT2D eigenvalue weighted by molar-refractivity contribution is 9.10. The van der Waals surface area contributed by atoms with Gasteiger partial charge in [0.25, 0.3) is 11.5 Å². The highest BCUT2D eigenvalue weighted by Crippen LogP contribution is 2.23. The molecule has 2 heterocycles. The van der Waals surface area contributed by atoms with Crippen molar-refractivity contribution in [2.75, 3.05) is 11.9 Å². The first-order valence-electron chi connectivity index (χ1n) is 8.51. The van der Waals surface area contributed by atoms with Gasteiger partial charge in [0, 0.05) is 18.6 Å². The Balaban J connectivity index is 1.68. The van der Waals surface area contributed by atoms with Crippen molar-refractivity contribution in [3.05, 3.63) is 55.4 Å². The number of halogens is 1. The van der Waals surface area contributed by atoms with Gasteiger partial charge >= 0.3 is 11.7 Å². The standard InChI is InChI=1S/C18H18BrN5O5/c1-10-4-5-12(11(19)6-10)21-13(25)8-29-14(26)7-24-9-20-16-15(24)17(27)23(3)18(28)22(16)2/h4-6,9H,7-8H2,1-3H3,(H,21,25). The van der Waals surface area contributed by atoms with Crippen molar-refractivity contribution >= 4 is 44.7 Å². The van der Waals surface area contributed by atoms with Crippen LogP contribution in [0, 0.1) is 6.92 Å². The maximum absolute atomic E-state index is 12.4. The predicted molar refractivity (Wildman–Crippen MR) is 109 cm³/mol. The fourth-order valence-electron chi connectivity index (χ4n) is 2.76.